The van der Waals surface area contributed by atoms with E-state index in [4.69, 9.17) is 0 Å². The smallest absolute Gasteiger partial charge is 0.0109 e. The molecule has 1 aliphatic rings. The number of hydrogen-bond acceptors (Lipinski definition) is 2. The Labute approximate surface area is 116 Å². The predicted octanol–water partition coefficient (Wildman–Crippen LogP) is 3.22. The van der Waals surface area contributed by atoms with Gasteiger partial charge in [0.25, 0.3) is 0 Å². The molecule has 0 bridgehead atoms. The lowest BCUT2D eigenvalue weighted by Crippen LogP contribution is -2.39. The van der Waals surface area contributed by atoms with Gasteiger partial charge in [0.15, 0.2) is 0 Å². The van der Waals surface area contributed by atoms with Gasteiger partial charge >= 0.3 is 0 Å². The fourth-order valence-corrected chi connectivity index (χ4v) is 3.65. The van der Waals surface area contributed by atoms with Gasteiger partial charge in [0.1, 0.15) is 0 Å². The molecule has 0 aromatic heterocycles. The van der Waals surface area contributed by atoms with Gasteiger partial charge in [-0.2, -0.15) is 0 Å². The second kappa shape index (κ2) is 7.75. The highest BCUT2D eigenvalue weighted by atomic mass is 79.9. The third-order valence-corrected chi connectivity index (χ3v) is 5.57. The van der Waals surface area contributed by atoms with E-state index < -0.39 is 0 Å². The van der Waals surface area contributed by atoms with Crippen molar-refractivity contribution in [1.82, 2.24) is 9.80 Å². The SMILES string of the molecule is CCC(CC)(CBr)CN(C)CCN1CCCC1. The number of alkyl halides is 1. The van der Waals surface area contributed by atoms with E-state index in [1.807, 2.05) is 0 Å². The van der Waals surface area contributed by atoms with Crippen LogP contribution in [0.15, 0.2) is 0 Å². The van der Waals surface area contributed by atoms with Crippen molar-refractivity contribution in [1.29, 1.82) is 0 Å². The Hall–Kier alpha value is 0.400. The van der Waals surface area contributed by atoms with Crippen LogP contribution in [0.5, 0.6) is 0 Å². The molecule has 0 spiro atoms. The quantitative estimate of drug-likeness (QED) is 0.635. The average Bonchev–Trinajstić information content (AvgIpc) is 2.87. The van der Waals surface area contributed by atoms with Gasteiger partial charge in [-0.05, 0) is 51.2 Å². The second-order valence-corrected chi connectivity index (χ2v) is 6.19. The van der Waals surface area contributed by atoms with Crippen LogP contribution >= 0.6 is 15.9 Å². The van der Waals surface area contributed by atoms with Crippen LogP contribution in [0.25, 0.3) is 0 Å². The maximum Gasteiger partial charge on any atom is 0.0109 e. The first-order chi connectivity index (χ1) is 8.15. The van der Waals surface area contributed by atoms with Crippen LogP contribution < -0.4 is 0 Å². The highest BCUT2D eigenvalue weighted by Gasteiger charge is 2.26. The number of nitrogens with zero attached hydrogens (tertiary/aromatic N) is 2. The molecule has 3 heteroatoms. The van der Waals surface area contributed by atoms with Crippen LogP contribution in [-0.2, 0) is 0 Å². The van der Waals surface area contributed by atoms with Crippen LogP contribution in [0.2, 0.25) is 0 Å². The first-order valence-corrected chi connectivity index (χ1v) is 8.25. The van der Waals surface area contributed by atoms with Crippen LogP contribution in [0.1, 0.15) is 39.5 Å². The summed E-state index contributed by atoms with van der Waals surface area (Å²) in [7, 11) is 2.28. The normalized spacial score (nSPS) is 18.2. The van der Waals surface area contributed by atoms with E-state index in [2.05, 4.69) is 46.6 Å². The molecule has 1 saturated heterocycles. The van der Waals surface area contributed by atoms with Gasteiger partial charge in [0, 0.05) is 25.0 Å². The summed E-state index contributed by atoms with van der Waals surface area (Å²) in [6.07, 6.45) is 5.34. The fourth-order valence-electron chi connectivity index (χ4n) is 2.67. The number of likely N-dealkylation sites (tertiary alicyclic amines) is 1. The molecule has 1 rings (SSSR count). The van der Waals surface area contributed by atoms with Crippen LogP contribution in [-0.4, -0.2) is 54.9 Å². The lowest BCUT2D eigenvalue weighted by Gasteiger charge is -2.34. The minimum atomic E-state index is 0.472. The van der Waals surface area contributed by atoms with E-state index in [9.17, 15) is 0 Å². The van der Waals surface area contributed by atoms with Crippen molar-refractivity contribution in [2.24, 2.45) is 5.41 Å². The summed E-state index contributed by atoms with van der Waals surface area (Å²) in [6, 6.07) is 0. The van der Waals surface area contributed by atoms with E-state index in [-0.39, 0.29) is 0 Å². The molecule has 0 aliphatic carbocycles. The fraction of sp³-hybridized carbons (Fsp3) is 1.00. The Morgan fingerprint density at radius 1 is 1.18 bits per heavy atom. The highest BCUT2D eigenvalue weighted by Crippen LogP contribution is 2.29. The van der Waals surface area contributed by atoms with Crippen molar-refractivity contribution in [2.75, 3.05) is 45.1 Å². The van der Waals surface area contributed by atoms with Crippen LogP contribution in [0.3, 0.4) is 0 Å². The molecular weight excluding hydrogens is 276 g/mol. The number of halogens is 1. The molecule has 0 aromatic rings. The Morgan fingerprint density at radius 3 is 2.24 bits per heavy atom. The van der Waals surface area contributed by atoms with Gasteiger partial charge in [0.05, 0.1) is 0 Å². The number of likely N-dealkylation sites (N-methyl/N-ethyl adjacent to an activating group) is 1. The lowest BCUT2D eigenvalue weighted by atomic mass is 9.84. The van der Waals surface area contributed by atoms with E-state index in [1.54, 1.807) is 0 Å². The topological polar surface area (TPSA) is 6.48 Å². The first-order valence-electron chi connectivity index (χ1n) is 7.12. The zero-order valence-corrected chi connectivity index (χ0v) is 13.4. The molecule has 0 saturated carbocycles. The van der Waals surface area contributed by atoms with Crippen molar-refractivity contribution < 1.29 is 0 Å². The molecular formula is C14H29BrN2. The summed E-state index contributed by atoms with van der Waals surface area (Å²) >= 11 is 3.70. The maximum atomic E-state index is 3.70. The summed E-state index contributed by atoms with van der Waals surface area (Å²) in [5.74, 6) is 0. The zero-order chi connectivity index (χ0) is 12.7. The van der Waals surface area contributed by atoms with Crippen LogP contribution in [0, 0.1) is 5.41 Å². The molecule has 1 fully saturated rings. The van der Waals surface area contributed by atoms with E-state index >= 15 is 0 Å². The zero-order valence-electron chi connectivity index (χ0n) is 11.8. The first kappa shape index (κ1) is 15.5. The third-order valence-electron chi connectivity index (χ3n) is 4.39. The standard InChI is InChI=1S/C14H29BrN2/c1-4-14(5-2,12-15)13-16(3)10-11-17-8-6-7-9-17/h4-13H2,1-3H3. The second-order valence-electron chi connectivity index (χ2n) is 5.63. The Balaban J connectivity index is 2.28. The highest BCUT2D eigenvalue weighted by molar-refractivity contribution is 9.09. The van der Waals surface area contributed by atoms with Gasteiger partial charge in [-0.25, -0.2) is 0 Å². The monoisotopic (exact) mass is 304 g/mol. The van der Waals surface area contributed by atoms with Gasteiger partial charge < -0.3 is 9.80 Å². The summed E-state index contributed by atoms with van der Waals surface area (Å²) < 4.78 is 0. The van der Waals surface area contributed by atoms with Crippen molar-refractivity contribution in [2.45, 2.75) is 39.5 Å². The van der Waals surface area contributed by atoms with E-state index in [1.165, 1.54) is 58.4 Å². The van der Waals surface area contributed by atoms with Crippen molar-refractivity contribution >= 4 is 15.9 Å². The van der Waals surface area contributed by atoms with Crippen molar-refractivity contribution in [3.63, 3.8) is 0 Å². The predicted molar refractivity (Wildman–Crippen MR) is 80.0 cm³/mol. The average molecular weight is 305 g/mol. The van der Waals surface area contributed by atoms with E-state index in [0.29, 0.717) is 5.41 Å². The summed E-state index contributed by atoms with van der Waals surface area (Å²) in [5.41, 5.74) is 0.472. The summed E-state index contributed by atoms with van der Waals surface area (Å²) in [5, 5.41) is 1.13. The number of rotatable bonds is 8. The molecule has 102 valence electrons. The molecule has 0 N–H and O–H groups in total. The molecule has 1 heterocycles. The summed E-state index contributed by atoms with van der Waals surface area (Å²) in [6.45, 7) is 11.0. The minimum absolute atomic E-state index is 0.472. The molecule has 0 unspecified atom stereocenters. The molecule has 17 heavy (non-hydrogen) atoms. The molecule has 0 amide bonds. The molecule has 0 aromatic carbocycles. The lowest BCUT2D eigenvalue weighted by molar-refractivity contribution is 0.169. The third kappa shape index (κ3) is 4.88. The molecule has 0 radical (unpaired) electrons. The summed E-state index contributed by atoms with van der Waals surface area (Å²) in [4.78, 5) is 5.12. The van der Waals surface area contributed by atoms with Gasteiger partial charge in [-0.3, -0.25) is 0 Å². The molecule has 1 aliphatic heterocycles. The number of hydrogen-bond donors (Lipinski definition) is 0. The Bertz CT molecular complexity index is 190. The molecule has 0 atom stereocenters. The van der Waals surface area contributed by atoms with Crippen LogP contribution in [0.4, 0.5) is 0 Å². The van der Waals surface area contributed by atoms with Gasteiger partial charge in [-0.1, -0.05) is 29.8 Å². The Morgan fingerprint density at radius 2 is 1.76 bits per heavy atom. The largest absolute Gasteiger partial charge is 0.305 e. The molecule has 2 nitrogen and oxygen atoms in total. The van der Waals surface area contributed by atoms with Crippen molar-refractivity contribution in [3.8, 4) is 0 Å². The van der Waals surface area contributed by atoms with Gasteiger partial charge in [-0.15, -0.1) is 0 Å². The maximum absolute atomic E-state index is 3.70. The Kier molecular flexibility index (Phi) is 7.05. The van der Waals surface area contributed by atoms with Gasteiger partial charge in [0.2, 0.25) is 0 Å². The van der Waals surface area contributed by atoms with E-state index in [0.717, 1.165) is 5.33 Å². The van der Waals surface area contributed by atoms with Crippen molar-refractivity contribution in [3.05, 3.63) is 0 Å². The minimum Gasteiger partial charge on any atom is -0.305 e.